The highest BCUT2D eigenvalue weighted by atomic mass is 35.5. The fourth-order valence-corrected chi connectivity index (χ4v) is 1.33. The van der Waals surface area contributed by atoms with E-state index in [1.54, 1.807) is 12.3 Å². The highest BCUT2D eigenvalue weighted by Gasteiger charge is 2.25. The maximum Gasteiger partial charge on any atom is 0.102 e. The van der Waals surface area contributed by atoms with Gasteiger partial charge in [-0.3, -0.25) is 4.98 Å². The first kappa shape index (κ1) is 13.9. The van der Waals surface area contributed by atoms with Crippen molar-refractivity contribution in [1.82, 2.24) is 4.98 Å². The number of nitriles is 1. The van der Waals surface area contributed by atoms with Gasteiger partial charge in [0.25, 0.3) is 0 Å². The summed E-state index contributed by atoms with van der Waals surface area (Å²) in [6.07, 6.45) is 3.96. The van der Waals surface area contributed by atoms with Crippen LogP contribution in [0, 0.1) is 11.3 Å². The van der Waals surface area contributed by atoms with Gasteiger partial charge in [-0.25, -0.2) is 0 Å². The Labute approximate surface area is 96.9 Å². The molecule has 1 heterocycles. The van der Waals surface area contributed by atoms with Crippen LogP contribution in [0.2, 0.25) is 5.02 Å². The van der Waals surface area contributed by atoms with Crippen molar-refractivity contribution < 1.29 is 0 Å². The van der Waals surface area contributed by atoms with E-state index < -0.39 is 0 Å². The van der Waals surface area contributed by atoms with Gasteiger partial charge in [0, 0.05) is 17.8 Å². The third kappa shape index (κ3) is 3.53. The van der Waals surface area contributed by atoms with E-state index in [2.05, 4.69) is 4.98 Å². The molecule has 0 amide bonds. The van der Waals surface area contributed by atoms with Crippen LogP contribution in [0.3, 0.4) is 0 Å². The van der Waals surface area contributed by atoms with Crippen molar-refractivity contribution in [2.24, 2.45) is 0 Å². The molecule has 1 aliphatic carbocycles. The Kier molecular flexibility index (Phi) is 5.96. The lowest BCUT2D eigenvalue weighted by molar-refractivity contribution is 1.02. The molecule has 15 heavy (non-hydrogen) atoms. The van der Waals surface area contributed by atoms with Crippen molar-refractivity contribution in [3.63, 3.8) is 0 Å². The molecule has 82 valence electrons. The molecule has 0 aliphatic heterocycles. The van der Waals surface area contributed by atoms with Crippen LogP contribution in [-0.4, -0.2) is 4.98 Å². The summed E-state index contributed by atoms with van der Waals surface area (Å²) in [4.78, 5) is 4.17. The van der Waals surface area contributed by atoms with E-state index in [9.17, 15) is 0 Å². The van der Waals surface area contributed by atoms with Gasteiger partial charge in [0.05, 0.1) is 10.6 Å². The number of halogens is 1. The minimum atomic E-state index is 0. The number of hydrogen-bond acceptors (Lipinski definition) is 2. The summed E-state index contributed by atoms with van der Waals surface area (Å²) in [5.41, 5.74) is 1.49. The number of hydrogen-bond donors (Lipinski definition) is 0. The summed E-state index contributed by atoms with van der Waals surface area (Å²) >= 11 is 5.84. The molecule has 2 rings (SSSR count). The van der Waals surface area contributed by atoms with Crippen LogP contribution in [0.15, 0.2) is 12.3 Å². The minimum Gasteiger partial charge on any atom is -0.260 e. The van der Waals surface area contributed by atoms with Gasteiger partial charge in [-0.1, -0.05) is 32.9 Å². The quantitative estimate of drug-likeness (QED) is 0.719. The van der Waals surface area contributed by atoms with Crippen LogP contribution in [0.5, 0.6) is 0 Å². The maximum absolute atomic E-state index is 8.59. The highest BCUT2D eigenvalue weighted by molar-refractivity contribution is 6.31. The Balaban J connectivity index is 0.000000617. The molecule has 0 radical (unpaired) electrons. The average molecular weight is 225 g/mol. The zero-order valence-electron chi connectivity index (χ0n) is 8.42. The molecule has 0 N–H and O–H groups in total. The largest absolute Gasteiger partial charge is 0.260 e. The van der Waals surface area contributed by atoms with Gasteiger partial charge in [-0.2, -0.15) is 5.26 Å². The molecule has 0 saturated heterocycles. The second kappa shape index (κ2) is 6.42. The second-order valence-corrected chi connectivity index (χ2v) is 3.38. The van der Waals surface area contributed by atoms with E-state index in [1.165, 1.54) is 12.8 Å². The third-order valence-corrected chi connectivity index (χ3v) is 2.30. The van der Waals surface area contributed by atoms with Crippen LogP contribution >= 0.6 is 11.6 Å². The Morgan fingerprint density at radius 3 is 2.47 bits per heavy atom. The van der Waals surface area contributed by atoms with Crippen LogP contribution in [0.25, 0.3) is 0 Å². The number of pyridine rings is 1. The van der Waals surface area contributed by atoms with Crippen LogP contribution in [0.4, 0.5) is 0 Å². The SMILES string of the molecule is C.CC.N#Cc1cnc(C2CC2)cc1Cl. The summed E-state index contributed by atoms with van der Waals surface area (Å²) in [6.45, 7) is 4.00. The van der Waals surface area contributed by atoms with Crippen molar-refractivity contribution in [3.8, 4) is 6.07 Å². The molecular formula is C12H17ClN2. The Bertz CT molecular complexity index is 351. The summed E-state index contributed by atoms with van der Waals surface area (Å²) in [5, 5.41) is 9.11. The van der Waals surface area contributed by atoms with E-state index in [0.717, 1.165) is 5.69 Å². The van der Waals surface area contributed by atoms with Crippen molar-refractivity contribution in [2.75, 3.05) is 0 Å². The molecule has 1 aliphatic rings. The Morgan fingerprint density at radius 2 is 2.07 bits per heavy atom. The monoisotopic (exact) mass is 224 g/mol. The fraction of sp³-hybridized carbons (Fsp3) is 0.500. The molecule has 0 bridgehead atoms. The third-order valence-electron chi connectivity index (χ3n) is 1.99. The average Bonchev–Trinajstić information content (AvgIpc) is 3.04. The van der Waals surface area contributed by atoms with E-state index in [4.69, 9.17) is 16.9 Å². The van der Waals surface area contributed by atoms with Crippen LogP contribution in [0.1, 0.15) is 51.3 Å². The van der Waals surface area contributed by atoms with E-state index in [1.807, 2.05) is 19.9 Å². The summed E-state index contributed by atoms with van der Waals surface area (Å²) < 4.78 is 0. The van der Waals surface area contributed by atoms with Gasteiger partial charge < -0.3 is 0 Å². The van der Waals surface area contributed by atoms with E-state index in [0.29, 0.717) is 16.5 Å². The van der Waals surface area contributed by atoms with Gasteiger partial charge in [0.2, 0.25) is 0 Å². The lowest BCUT2D eigenvalue weighted by atomic mass is 10.2. The predicted octanol–water partition coefficient (Wildman–Crippen LogP) is 4.15. The van der Waals surface area contributed by atoms with Gasteiger partial charge in [0.1, 0.15) is 6.07 Å². The molecule has 2 nitrogen and oxygen atoms in total. The number of rotatable bonds is 1. The van der Waals surface area contributed by atoms with Crippen LogP contribution in [-0.2, 0) is 0 Å². The van der Waals surface area contributed by atoms with Gasteiger partial charge in [-0.15, -0.1) is 0 Å². The zero-order valence-corrected chi connectivity index (χ0v) is 9.17. The molecule has 0 unspecified atom stereocenters. The summed E-state index contributed by atoms with van der Waals surface area (Å²) in [5.74, 6) is 0.593. The summed E-state index contributed by atoms with van der Waals surface area (Å²) in [7, 11) is 0. The lowest BCUT2D eigenvalue weighted by Gasteiger charge is -1.98. The number of aromatic nitrogens is 1. The molecule has 1 aromatic rings. The topological polar surface area (TPSA) is 36.7 Å². The normalized spacial score (nSPS) is 12.9. The molecule has 1 saturated carbocycles. The van der Waals surface area contributed by atoms with Gasteiger partial charge in [-0.05, 0) is 18.9 Å². The smallest absolute Gasteiger partial charge is 0.102 e. The zero-order chi connectivity index (χ0) is 10.6. The first-order valence-electron chi connectivity index (χ1n) is 4.87. The standard InChI is InChI=1S/C9H7ClN2.C2H6.CH4/c10-8-3-9(6-1-2-6)12-5-7(8)4-11;1-2;/h3,5-6H,1-2H2;1-2H3;1H4. The van der Waals surface area contributed by atoms with E-state index in [-0.39, 0.29) is 7.43 Å². The Hall–Kier alpha value is -1.07. The molecule has 1 fully saturated rings. The van der Waals surface area contributed by atoms with Gasteiger partial charge in [0.15, 0.2) is 0 Å². The van der Waals surface area contributed by atoms with Crippen molar-refractivity contribution >= 4 is 11.6 Å². The first-order chi connectivity index (χ1) is 6.81. The molecule has 0 aromatic carbocycles. The molecule has 0 spiro atoms. The summed E-state index contributed by atoms with van der Waals surface area (Å²) in [6, 6.07) is 3.79. The molecule has 0 atom stereocenters. The van der Waals surface area contributed by atoms with Crippen molar-refractivity contribution in [2.45, 2.75) is 40.0 Å². The van der Waals surface area contributed by atoms with Crippen molar-refractivity contribution in [1.29, 1.82) is 5.26 Å². The maximum atomic E-state index is 8.59. The first-order valence-corrected chi connectivity index (χ1v) is 5.24. The van der Waals surface area contributed by atoms with Gasteiger partial charge >= 0.3 is 0 Å². The van der Waals surface area contributed by atoms with Crippen molar-refractivity contribution in [3.05, 3.63) is 28.5 Å². The number of nitrogens with zero attached hydrogens (tertiary/aromatic N) is 2. The van der Waals surface area contributed by atoms with Crippen LogP contribution < -0.4 is 0 Å². The predicted molar refractivity (Wildman–Crippen MR) is 64.0 cm³/mol. The molecule has 3 heteroatoms. The molecule has 1 aromatic heterocycles. The highest BCUT2D eigenvalue weighted by Crippen LogP contribution is 2.39. The minimum absolute atomic E-state index is 0. The lowest BCUT2D eigenvalue weighted by Crippen LogP contribution is -1.87. The Morgan fingerprint density at radius 1 is 1.47 bits per heavy atom. The second-order valence-electron chi connectivity index (χ2n) is 2.98. The fourth-order valence-electron chi connectivity index (χ4n) is 1.13. The van der Waals surface area contributed by atoms with E-state index >= 15 is 0 Å². The molecular weight excluding hydrogens is 208 g/mol.